The first-order valence-corrected chi connectivity index (χ1v) is 11.0. The van der Waals surface area contributed by atoms with Crippen molar-refractivity contribution in [2.24, 2.45) is 11.1 Å². The zero-order chi connectivity index (χ0) is 17.9. The minimum absolute atomic E-state index is 0.178. The van der Waals surface area contributed by atoms with Crippen LogP contribution in [0.1, 0.15) is 28.8 Å². The van der Waals surface area contributed by atoms with E-state index in [0.29, 0.717) is 5.92 Å². The first-order chi connectivity index (χ1) is 12.5. The highest BCUT2D eigenvalue weighted by Crippen LogP contribution is 2.51. The molecule has 0 unspecified atom stereocenters. The van der Waals surface area contributed by atoms with Gasteiger partial charge >= 0.3 is 0 Å². The molecule has 2 aromatic carbocycles. The fourth-order valence-electron chi connectivity index (χ4n) is 4.19. The average Bonchev–Trinajstić information content (AvgIpc) is 3.26. The Bertz CT molecular complexity index is 1110. The molecule has 5 rings (SSSR count). The Morgan fingerprint density at radius 1 is 1.12 bits per heavy atom. The molecule has 0 radical (unpaired) electrons. The monoisotopic (exact) mass is 382 g/mol. The maximum Gasteiger partial charge on any atom is 0.238 e. The smallest absolute Gasteiger partial charge is 0.238 e. The number of nitrogens with one attached hydrogen (secondary N) is 1. The first-order valence-electron chi connectivity index (χ1n) is 8.59. The largest absolute Gasteiger partial charge is 0.377 e. The Hall–Kier alpha value is -2.15. The van der Waals surface area contributed by atoms with E-state index in [1.165, 1.54) is 15.0 Å². The molecular formula is C20H18N2O2S2. The van der Waals surface area contributed by atoms with E-state index in [-0.39, 0.29) is 16.9 Å². The Kier molecular flexibility index (Phi) is 3.50. The van der Waals surface area contributed by atoms with Gasteiger partial charge in [0.15, 0.2) is 0 Å². The molecular weight excluding hydrogens is 364 g/mol. The zero-order valence-electron chi connectivity index (χ0n) is 13.9. The van der Waals surface area contributed by atoms with Gasteiger partial charge in [0.1, 0.15) is 0 Å². The Balaban J connectivity index is 1.61. The Morgan fingerprint density at radius 2 is 1.96 bits per heavy atom. The number of allylic oxidation sites excluding steroid dienone is 2. The second kappa shape index (κ2) is 5.67. The minimum atomic E-state index is -3.70. The van der Waals surface area contributed by atoms with Crippen molar-refractivity contribution in [3.8, 4) is 0 Å². The van der Waals surface area contributed by atoms with Crippen LogP contribution < -0.4 is 10.5 Å². The van der Waals surface area contributed by atoms with Crippen LogP contribution in [0.2, 0.25) is 0 Å². The quantitative estimate of drug-likeness (QED) is 0.646. The number of nitrogens with two attached hydrogens (primary N) is 1. The average molecular weight is 383 g/mol. The van der Waals surface area contributed by atoms with Crippen molar-refractivity contribution >= 4 is 37.1 Å². The summed E-state index contributed by atoms with van der Waals surface area (Å²) in [6.45, 7) is 0. The highest BCUT2D eigenvalue weighted by atomic mass is 32.2. The standard InChI is InChI=1S/C20H18N2O2S2/c21-26(23,24)13-8-9-17-16(11-13)14-5-3-6-15(14)20(22-17)19-10-12-4-1-2-7-18(12)25-19/h1-5,7-11,14-15,20,22H,6H2,(H2,21,23,24)/t14-,15+,20-/m0/s1. The number of fused-ring (bicyclic) bond motifs is 4. The third-order valence-electron chi connectivity index (χ3n) is 5.41. The SMILES string of the molecule is NS(=O)(=O)c1ccc2c(c1)[C@H]1C=CC[C@H]1[C@@H](c1cc3ccccc3s1)N2. The van der Waals surface area contributed by atoms with E-state index in [1.807, 2.05) is 17.4 Å². The summed E-state index contributed by atoms with van der Waals surface area (Å²) in [7, 11) is -3.70. The van der Waals surface area contributed by atoms with Crippen molar-refractivity contribution in [3.63, 3.8) is 0 Å². The van der Waals surface area contributed by atoms with Crippen LogP contribution in [0.5, 0.6) is 0 Å². The molecule has 0 amide bonds. The van der Waals surface area contributed by atoms with Crippen LogP contribution in [0.15, 0.2) is 65.6 Å². The highest BCUT2D eigenvalue weighted by Gasteiger charge is 2.39. The molecule has 3 atom stereocenters. The second-order valence-electron chi connectivity index (χ2n) is 6.96. The fourth-order valence-corrected chi connectivity index (χ4v) is 5.93. The molecule has 3 N–H and O–H groups in total. The van der Waals surface area contributed by atoms with Crippen LogP contribution in [0.3, 0.4) is 0 Å². The van der Waals surface area contributed by atoms with Gasteiger partial charge in [-0.2, -0.15) is 0 Å². The van der Waals surface area contributed by atoms with Crippen molar-refractivity contribution in [3.05, 3.63) is 71.1 Å². The molecule has 132 valence electrons. The summed E-state index contributed by atoms with van der Waals surface area (Å²) in [5, 5.41) is 10.3. The molecule has 3 aromatic rings. The predicted molar refractivity (Wildman–Crippen MR) is 106 cm³/mol. The normalized spacial score (nSPS) is 24.3. The van der Waals surface area contributed by atoms with Gasteiger partial charge in [0.25, 0.3) is 0 Å². The molecule has 0 saturated carbocycles. The van der Waals surface area contributed by atoms with Gasteiger partial charge in [-0.3, -0.25) is 0 Å². The number of anilines is 1. The lowest BCUT2D eigenvalue weighted by molar-refractivity contribution is 0.429. The van der Waals surface area contributed by atoms with Crippen LogP contribution in [0.4, 0.5) is 5.69 Å². The van der Waals surface area contributed by atoms with Crippen LogP contribution in [0.25, 0.3) is 10.1 Å². The molecule has 26 heavy (non-hydrogen) atoms. The molecule has 6 heteroatoms. The maximum absolute atomic E-state index is 11.7. The fraction of sp³-hybridized carbons (Fsp3) is 0.200. The lowest BCUT2D eigenvalue weighted by atomic mass is 9.79. The van der Waals surface area contributed by atoms with Crippen LogP contribution >= 0.6 is 11.3 Å². The second-order valence-corrected chi connectivity index (χ2v) is 9.63. The van der Waals surface area contributed by atoms with Gasteiger partial charge < -0.3 is 5.32 Å². The van der Waals surface area contributed by atoms with Gasteiger partial charge in [0, 0.05) is 21.2 Å². The maximum atomic E-state index is 11.7. The van der Waals surface area contributed by atoms with E-state index in [9.17, 15) is 8.42 Å². The van der Waals surface area contributed by atoms with Gasteiger partial charge in [-0.05, 0) is 53.6 Å². The molecule has 1 aliphatic heterocycles. The molecule has 2 aliphatic rings. The summed E-state index contributed by atoms with van der Waals surface area (Å²) in [6.07, 6.45) is 5.39. The third-order valence-corrected chi connectivity index (χ3v) is 7.52. The summed E-state index contributed by atoms with van der Waals surface area (Å²) in [5.74, 6) is 0.592. The molecule has 0 fully saturated rings. The topological polar surface area (TPSA) is 72.2 Å². The summed E-state index contributed by atoms with van der Waals surface area (Å²) in [4.78, 5) is 1.50. The highest BCUT2D eigenvalue weighted by molar-refractivity contribution is 7.89. The summed E-state index contributed by atoms with van der Waals surface area (Å²) in [5.41, 5.74) is 2.01. The van der Waals surface area contributed by atoms with E-state index in [0.717, 1.165) is 17.7 Å². The zero-order valence-corrected chi connectivity index (χ0v) is 15.6. The Labute approximate surface area is 156 Å². The van der Waals surface area contributed by atoms with Crippen LogP contribution in [-0.4, -0.2) is 8.42 Å². The lowest BCUT2D eigenvalue weighted by Gasteiger charge is -2.37. The van der Waals surface area contributed by atoms with Crippen molar-refractivity contribution in [1.82, 2.24) is 0 Å². The number of rotatable bonds is 2. The number of hydrogen-bond donors (Lipinski definition) is 2. The van der Waals surface area contributed by atoms with Crippen molar-refractivity contribution in [1.29, 1.82) is 0 Å². The number of benzene rings is 2. The molecule has 0 saturated heterocycles. The van der Waals surface area contributed by atoms with E-state index in [2.05, 4.69) is 47.8 Å². The number of thiophene rings is 1. The predicted octanol–water partition coefficient (Wildman–Crippen LogP) is 4.38. The third kappa shape index (κ3) is 2.48. The van der Waals surface area contributed by atoms with Crippen molar-refractivity contribution in [2.45, 2.75) is 23.3 Å². The molecule has 1 aromatic heterocycles. The number of sulfonamides is 1. The van der Waals surface area contributed by atoms with Crippen LogP contribution in [0, 0.1) is 5.92 Å². The number of primary sulfonamides is 1. The Morgan fingerprint density at radius 3 is 2.77 bits per heavy atom. The number of hydrogen-bond acceptors (Lipinski definition) is 4. The van der Waals surface area contributed by atoms with E-state index in [4.69, 9.17) is 5.14 Å². The van der Waals surface area contributed by atoms with Gasteiger partial charge in [-0.1, -0.05) is 30.4 Å². The molecule has 0 spiro atoms. The van der Waals surface area contributed by atoms with Gasteiger partial charge in [-0.25, -0.2) is 13.6 Å². The van der Waals surface area contributed by atoms with Gasteiger partial charge in [0.05, 0.1) is 10.9 Å². The van der Waals surface area contributed by atoms with E-state index >= 15 is 0 Å². The van der Waals surface area contributed by atoms with E-state index in [1.54, 1.807) is 12.1 Å². The van der Waals surface area contributed by atoms with E-state index < -0.39 is 10.0 Å². The summed E-state index contributed by atoms with van der Waals surface area (Å²) >= 11 is 1.83. The van der Waals surface area contributed by atoms with Crippen molar-refractivity contribution < 1.29 is 8.42 Å². The molecule has 2 heterocycles. The molecule has 1 aliphatic carbocycles. The van der Waals surface area contributed by atoms with Crippen LogP contribution in [-0.2, 0) is 10.0 Å². The van der Waals surface area contributed by atoms with Crippen molar-refractivity contribution in [2.75, 3.05) is 5.32 Å². The van der Waals surface area contributed by atoms with Gasteiger partial charge in [0.2, 0.25) is 10.0 Å². The van der Waals surface area contributed by atoms with Gasteiger partial charge in [-0.15, -0.1) is 11.3 Å². The first kappa shape index (κ1) is 16.1. The molecule has 0 bridgehead atoms. The summed E-state index contributed by atoms with van der Waals surface area (Å²) in [6, 6.07) is 16.1. The lowest BCUT2D eigenvalue weighted by Crippen LogP contribution is -2.28. The minimum Gasteiger partial charge on any atom is -0.377 e. The summed E-state index contributed by atoms with van der Waals surface area (Å²) < 4.78 is 24.8. The molecule has 4 nitrogen and oxygen atoms in total.